The Morgan fingerprint density at radius 2 is 2.16 bits per heavy atom. The molecule has 0 unspecified atom stereocenters. The van der Waals surface area contributed by atoms with E-state index in [9.17, 15) is 4.79 Å². The SMILES string of the molecule is CCOc1nc(Nc2ccc(C(=O)N3CCN4CCC[C@@H]4C3)cc2OC)nc2[nH]ccc12. The topological polar surface area (TPSA) is 95.6 Å². The van der Waals surface area contributed by atoms with Gasteiger partial charge in [-0.15, -0.1) is 0 Å². The number of aromatic nitrogens is 3. The number of ether oxygens (including phenoxy) is 2. The third-order valence-corrected chi connectivity index (χ3v) is 6.23. The largest absolute Gasteiger partial charge is 0.495 e. The number of carbonyl (C=O) groups is 1. The second-order valence-electron chi connectivity index (χ2n) is 8.15. The van der Waals surface area contributed by atoms with Crippen LogP contribution < -0.4 is 14.8 Å². The lowest BCUT2D eigenvalue weighted by Gasteiger charge is -2.37. The van der Waals surface area contributed by atoms with Crippen LogP contribution in [0.3, 0.4) is 0 Å². The Labute approximate surface area is 186 Å². The van der Waals surface area contributed by atoms with Crippen LogP contribution in [0.2, 0.25) is 0 Å². The van der Waals surface area contributed by atoms with Gasteiger partial charge in [-0.3, -0.25) is 9.69 Å². The first-order valence-electron chi connectivity index (χ1n) is 11.1. The molecular weight excluding hydrogens is 408 g/mol. The minimum absolute atomic E-state index is 0.0455. The van der Waals surface area contributed by atoms with Gasteiger partial charge in [0.1, 0.15) is 11.4 Å². The standard InChI is InChI=1S/C23H28N6O3/c1-3-32-21-17-8-9-24-20(17)26-23(27-21)25-18-7-6-15(13-19(18)31-2)22(30)29-12-11-28-10-4-5-16(28)14-29/h6-9,13,16H,3-5,10-12,14H2,1-2H3,(H2,24,25,26,27)/t16-/m1/s1. The quantitative estimate of drug-likeness (QED) is 0.613. The molecule has 0 spiro atoms. The Hall–Kier alpha value is -3.33. The molecule has 2 aliphatic rings. The summed E-state index contributed by atoms with van der Waals surface area (Å²) in [6.07, 6.45) is 4.20. The predicted octanol–water partition coefficient (Wildman–Crippen LogP) is 3.03. The molecule has 1 amide bonds. The monoisotopic (exact) mass is 436 g/mol. The summed E-state index contributed by atoms with van der Waals surface area (Å²) in [6, 6.07) is 7.82. The van der Waals surface area contributed by atoms with Crippen molar-refractivity contribution in [1.82, 2.24) is 24.8 Å². The number of hydrogen-bond donors (Lipinski definition) is 2. The van der Waals surface area contributed by atoms with E-state index in [1.54, 1.807) is 19.4 Å². The molecule has 2 aromatic heterocycles. The van der Waals surface area contributed by atoms with E-state index in [4.69, 9.17) is 9.47 Å². The first-order chi connectivity index (χ1) is 15.7. The predicted molar refractivity (Wildman–Crippen MR) is 122 cm³/mol. The molecule has 2 aliphatic heterocycles. The van der Waals surface area contributed by atoms with E-state index in [1.165, 1.54) is 12.8 Å². The van der Waals surface area contributed by atoms with Gasteiger partial charge in [-0.05, 0) is 50.6 Å². The van der Waals surface area contributed by atoms with Crippen molar-refractivity contribution in [3.8, 4) is 11.6 Å². The van der Waals surface area contributed by atoms with Gasteiger partial charge >= 0.3 is 0 Å². The van der Waals surface area contributed by atoms with Crippen LogP contribution in [0.5, 0.6) is 11.6 Å². The lowest BCUT2D eigenvalue weighted by atomic mass is 10.1. The number of fused-ring (bicyclic) bond motifs is 2. The third-order valence-electron chi connectivity index (χ3n) is 6.23. The molecule has 0 aliphatic carbocycles. The van der Waals surface area contributed by atoms with Gasteiger partial charge in [0.15, 0.2) is 0 Å². The van der Waals surface area contributed by atoms with Crippen LogP contribution in [-0.2, 0) is 0 Å². The molecule has 9 heteroatoms. The fraction of sp³-hybridized carbons (Fsp3) is 0.435. The molecule has 2 saturated heterocycles. The van der Waals surface area contributed by atoms with Crippen LogP contribution in [0.1, 0.15) is 30.1 Å². The van der Waals surface area contributed by atoms with Crippen molar-refractivity contribution in [3.05, 3.63) is 36.0 Å². The van der Waals surface area contributed by atoms with E-state index >= 15 is 0 Å². The van der Waals surface area contributed by atoms with Crippen molar-refractivity contribution in [2.75, 3.05) is 45.2 Å². The molecule has 1 aromatic carbocycles. The smallest absolute Gasteiger partial charge is 0.254 e. The highest BCUT2D eigenvalue weighted by Crippen LogP contribution is 2.31. The Kier molecular flexibility index (Phi) is 5.57. The summed E-state index contributed by atoms with van der Waals surface area (Å²) in [5.74, 6) is 1.50. The number of aromatic amines is 1. The van der Waals surface area contributed by atoms with Crippen LogP contribution in [0.25, 0.3) is 11.0 Å². The number of carbonyl (C=O) groups excluding carboxylic acids is 1. The normalized spacial score (nSPS) is 18.6. The summed E-state index contributed by atoms with van der Waals surface area (Å²) in [4.78, 5) is 29.7. The van der Waals surface area contributed by atoms with Crippen molar-refractivity contribution < 1.29 is 14.3 Å². The number of methoxy groups -OCH3 is 1. The lowest BCUT2D eigenvalue weighted by Crippen LogP contribution is -2.52. The highest BCUT2D eigenvalue weighted by atomic mass is 16.5. The summed E-state index contributed by atoms with van der Waals surface area (Å²) in [5.41, 5.74) is 1.98. The van der Waals surface area contributed by atoms with Crippen LogP contribution in [0.4, 0.5) is 11.6 Å². The van der Waals surface area contributed by atoms with Gasteiger partial charge in [0.2, 0.25) is 11.8 Å². The van der Waals surface area contributed by atoms with E-state index < -0.39 is 0 Å². The molecule has 9 nitrogen and oxygen atoms in total. The maximum Gasteiger partial charge on any atom is 0.254 e. The minimum Gasteiger partial charge on any atom is -0.495 e. The fourth-order valence-corrected chi connectivity index (χ4v) is 4.62. The van der Waals surface area contributed by atoms with Gasteiger partial charge in [0.25, 0.3) is 5.91 Å². The van der Waals surface area contributed by atoms with E-state index in [0.29, 0.717) is 47.1 Å². The summed E-state index contributed by atoms with van der Waals surface area (Å²) < 4.78 is 11.2. The Morgan fingerprint density at radius 1 is 1.25 bits per heavy atom. The Morgan fingerprint density at radius 3 is 3.00 bits per heavy atom. The van der Waals surface area contributed by atoms with Gasteiger partial charge in [-0.25, -0.2) is 0 Å². The summed E-state index contributed by atoms with van der Waals surface area (Å²) in [7, 11) is 1.59. The lowest BCUT2D eigenvalue weighted by molar-refractivity contribution is 0.0571. The van der Waals surface area contributed by atoms with Crippen LogP contribution >= 0.6 is 0 Å². The maximum atomic E-state index is 13.1. The van der Waals surface area contributed by atoms with Crippen LogP contribution in [0, 0.1) is 0 Å². The highest BCUT2D eigenvalue weighted by Gasteiger charge is 2.33. The first kappa shape index (κ1) is 20.6. The molecule has 3 aromatic rings. The third kappa shape index (κ3) is 3.84. The molecule has 0 radical (unpaired) electrons. The zero-order chi connectivity index (χ0) is 22.1. The average Bonchev–Trinajstić information content (AvgIpc) is 3.48. The molecule has 4 heterocycles. The van der Waals surface area contributed by atoms with Gasteiger partial charge in [0.05, 0.1) is 24.8 Å². The van der Waals surface area contributed by atoms with Crippen molar-refractivity contribution in [1.29, 1.82) is 0 Å². The molecule has 2 N–H and O–H groups in total. The number of anilines is 2. The van der Waals surface area contributed by atoms with E-state index in [0.717, 1.165) is 31.6 Å². The maximum absolute atomic E-state index is 13.1. The minimum atomic E-state index is 0.0455. The van der Waals surface area contributed by atoms with Gasteiger partial charge in [-0.2, -0.15) is 9.97 Å². The molecule has 32 heavy (non-hydrogen) atoms. The van der Waals surface area contributed by atoms with Crippen molar-refractivity contribution in [3.63, 3.8) is 0 Å². The molecular formula is C23H28N6O3. The van der Waals surface area contributed by atoms with Gasteiger partial charge in [-0.1, -0.05) is 0 Å². The fourth-order valence-electron chi connectivity index (χ4n) is 4.62. The number of rotatable bonds is 6. The Bertz CT molecular complexity index is 1130. The number of hydrogen-bond acceptors (Lipinski definition) is 7. The van der Waals surface area contributed by atoms with E-state index in [1.807, 2.05) is 30.0 Å². The second kappa shape index (κ2) is 8.66. The highest BCUT2D eigenvalue weighted by molar-refractivity contribution is 5.95. The van der Waals surface area contributed by atoms with Crippen molar-refractivity contribution in [2.24, 2.45) is 0 Å². The number of benzene rings is 1. The number of nitrogens with zero attached hydrogens (tertiary/aromatic N) is 4. The molecule has 0 saturated carbocycles. The molecule has 1 atom stereocenters. The molecule has 5 rings (SSSR count). The summed E-state index contributed by atoms with van der Waals surface area (Å²) in [6.45, 7) is 6.09. The molecule has 2 fully saturated rings. The number of piperazine rings is 1. The van der Waals surface area contributed by atoms with Gasteiger partial charge < -0.3 is 24.7 Å². The Balaban J connectivity index is 1.37. The summed E-state index contributed by atoms with van der Waals surface area (Å²) >= 11 is 0. The zero-order valence-corrected chi connectivity index (χ0v) is 18.4. The molecule has 0 bridgehead atoms. The van der Waals surface area contributed by atoms with Crippen molar-refractivity contribution >= 4 is 28.6 Å². The van der Waals surface area contributed by atoms with Crippen LogP contribution in [0.15, 0.2) is 30.5 Å². The number of H-pyrrole nitrogens is 1. The van der Waals surface area contributed by atoms with E-state index in [-0.39, 0.29) is 5.91 Å². The van der Waals surface area contributed by atoms with Gasteiger partial charge in [0, 0.05) is 37.4 Å². The number of nitrogens with one attached hydrogen (secondary N) is 2. The van der Waals surface area contributed by atoms with Crippen molar-refractivity contribution in [2.45, 2.75) is 25.8 Å². The van der Waals surface area contributed by atoms with Crippen LogP contribution in [-0.4, -0.2) is 76.6 Å². The first-order valence-corrected chi connectivity index (χ1v) is 11.1. The summed E-state index contributed by atoms with van der Waals surface area (Å²) in [5, 5.41) is 4.03. The zero-order valence-electron chi connectivity index (χ0n) is 18.4. The molecule has 168 valence electrons. The number of amides is 1. The second-order valence-corrected chi connectivity index (χ2v) is 8.15. The van der Waals surface area contributed by atoms with E-state index in [2.05, 4.69) is 25.2 Å². The average molecular weight is 437 g/mol.